The van der Waals surface area contributed by atoms with Crippen LogP contribution in [0.4, 0.5) is 10.5 Å². The summed E-state index contributed by atoms with van der Waals surface area (Å²) in [4.78, 5) is 38.4. The maximum Gasteiger partial charge on any atom is 0.294 e. The monoisotopic (exact) mass is 486 g/mol. The van der Waals surface area contributed by atoms with Gasteiger partial charge in [0.25, 0.3) is 11.1 Å². The van der Waals surface area contributed by atoms with Crippen LogP contribution in [0.1, 0.15) is 11.3 Å². The molecule has 0 aliphatic carbocycles. The molecule has 1 aliphatic rings. The summed E-state index contributed by atoms with van der Waals surface area (Å²) in [6, 6.07) is 15.8. The van der Waals surface area contributed by atoms with Crippen LogP contribution in [0.15, 0.2) is 63.9 Å². The van der Waals surface area contributed by atoms with Gasteiger partial charge in [-0.15, -0.1) is 0 Å². The van der Waals surface area contributed by atoms with Crippen molar-refractivity contribution >= 4 is 63.8 Å². The lowest BCUT2D eigenvalue weighted by atomic mass is 10.2. The summed E-state index contributed by atoms with van der Waals surface area (Å²) in [6.07, 6.45) is 1.46. The fraction of sp³-hybridized carbons (Fsp3) is 0.0870. The summed E-state index contributed by atoms with van der Waals surface area (Å²) in [5.74, 6) is -0.181. The summed E-state index contributed by atoms with van der Waals surface area (Å²) in [5, 5.41) is 2.92. The molecular weight excluding hydrogens is 471 g/mol. The molecule has 1 aliphatic heterocycles. The van der Waals surface area contributed by atoms with Crippen molar-refractivity contribution in [2.24, 2.45) is 0 Å². The minimum Gasteiger partial charge on any atom is -0.457 e. The van der Waals surface area contributed by atoms with Crippen LogP contribution in [0.2, 0.25) is 10.0 Å². The Balaban J connectivity index is 1.47. The zero-order valence-corrected chi connectivity index (χ0v) is 19.1. The molecule has 0 saturated carbocycles. The Morgan fingerprint density at radius 2 is 1.91 bits per heavy atom. The van der Waals surface area contributed by atoms with Crippen LogP contribution >= 0.6 is 35.0 Å². The number of thioether (sulfide) groups is 1. The van der Waals surface area contributed by atoms with Gasteiger partial charge in [0.1, 0.15) is 18.1 Å². The highest BCUT2D eigenvalue weighted by molar-refractivity contribution is 8.18. The number of furan rings is 1. The van der Waals surface area contributed by atoms with E-state index in [1.54, 1.807) is 42.5 Å². The first-order valence-electron chi connectivity index (χ1n) is 9.48. The third-order valence-electron chi connectivity index (χ3n) is 4.59. The Morgan fingerprint density at radius 3 is 2.69 bits per heavy atom. The van der Waals surface area contributed by atoms with E-state index in [1.165, 1.54) is 6.08 Å². The minimum atomic E-state index is -0.557. The van der Waals surface area contributed by atoms with E-state index in [2.05, 4.69) is 5.32 Å². The normalized spacial score (nSPS) is 15.0. The highest BCUT2D eigenvalue weighted by Crippen LogP contribution is 2.36. The fourth-order valence-electron chi connectivity index (χ4n) is 3.10. The molecule has 4 rings (SSSR count). The molecule has 0 spiro atoms. The molecule has 3 aromatic rings. The van der Waals surface area contributed by atoms with Crippen molar-refractivity contribution in [3.8, 4) is 11.3 Å². The second-order valence-electron chi connectivity index (χ2n) is 6.99. The van der Waals surface area contributed by atoms with Gasteiger partial charge in [0.2, 0.25) is 5.91 Å². The Morgan fingerprint density at radius 1 is 1.12 bits per heavy atom. The van der Waals surface area contributed by atoms with Crippen molar-refractivity contribution < 1.29 is 18.8 Å². The highest BCUT2D eigenvalue weighted by atomic mass is 35.5. The molecule has 0 bridgehead atoms. The molecule has 9 heteroatoms. The molecule has 1 N–H and O–H groups in total. The number of nitrogens with zero attached hydrogens (tertiary/aromatic N) is 1. The van der Waals surface area contributed by atoms with Crippen LogP contribution in [-0.2, 0) is 9.59 Å². The smallest absolute Gasteiger partial charge is 0.294 e. The molecule has 3 amide bonds. The number of nitrogens with one attached hydrogen (secondary N) is 1. The molecule has 32 heavy (non-hydrogen) atoms. The topological polar surface area (TPSA) is 79.6 Å². The molecule has 1 saturated heterocycles. The molecule has 0 unspecified atom stereocenters. The lowest BCUT2D eigenvalue weighted by molar-refractivity contribution is -0.127. The van der Waals surface area contributed by atoms with Gasteiger partial charge in [-0.2, -0.15) is 0 Å². The van der Waals surface area contributed by atoms with Crippen molar-refractivity contribution in [3.63, 3.8) is 0 Å². The maximum absolute atomic E-state index is 12.7. The molecule has 6 nitrogen and oxygen atoms in total. The van der Waals surface area contributed by atoms with Crippen molar-refractivity contribution in [1.82, 2.24) is 4.90 Å². The first-order valence-corrected chi connectivity index (χ1v) is 11.0. The van der Waals surface area contributed by atoms with Gasteiger partial charge >= 0.3 is 0 Å². The van der Waals surface area contributed by atoms with E-state index in [1.807, 2.05) is 19.1 Å². The molecular formula is C23H16Cl2N2O4S. The molecule has 1 aromatic heterocycles. The van der Waals surface area contributed by atoms with Gasteiger partial charge in [-0.25, -0.2) is 0 Å². The number of amides is 3. The Bertz CT molecular complexity index is 1270. The molecule has 162 valence electrons. The van der Waals surface area contributed by atoms with Crippen molar-refractivity contribution in [1.29, 1.82) is 0 Å². The van der Waals surface area contributed by atoms with Gasteiger partial charge in [-0.1, -0.05) is 41.4 Å². The summed E-state index contributed by atoms with van der Waals surface area (Å²) < 4.78 is 5.76. The van der Waals surface area contributed by atoms with Crippen LogP contribution < -0.4 is 5.32 Å². The zero-order valence-electron chi connectivity index (χ0n) is 16.7. The quantitative estimate of drug-likeness (QED) is 0.431. The average Bonchev–Trinajstić information content (AvgIpc) is 3.30. The van der Waals surface area contributed by atoms with Crippen LogP contribution in [0, 0.1) is 6.92 Å². The number of aryl methyl sites for hydroxylation is 1. The number of anilines is 1. The first-order chi connectivity index (χ1) is 15.3. The van der Waals surface area contributed by atoms with Gasteiger partial charge in [-0.05, 0) is 60.6 Å². The standard InChI is InChI=1S/C23H16Cl2N2O4S/c1-13-4-2-5-14(10-13)26-20(28)12-27-22(29)19(32-23(27)30)11-15-8-9-18(31-15)16-6-3-7-17(24)21(16)25/h2-11H,12H2,1H3,(H,26,28)/b19-11+. The average molecular weight is 487 g/mol. The molecule has 1 fully saturated rings. The van der Waals surface area contributed by atoms with E-state index in [0.29, 0.717) is 32.8 Å². The number of benzene rings is 2. The minimum absolute atomic E-state index is 0.163. The summed E-state index contributed by atoms with van der Waals surface area (Å²) in [7, 11) is 0. The fourth-order valence-corrected chi connectivity index (χ4v) is 4.31. The third kappa shape index (κ3) is 4.75. The number of halogens is 2. The Labute approximate surface area is 198 Å². The second kappa shape index (κ2) is 9.24. The predicted molar refractivity (Wildman–Crippen MR) is 127 cm³/mol. The first kappa shape index (κ1) is 22.2. The van der Waals surface area contributed by atoms with E-state index < -0.39 is 17.1 Å². The van der Waals surface area contributed by atoms with E-state index in [-0.39, 0.29) is 11.4 Å². The van der Waals surface area contributed by atoms with Gasteiger partial charge in [0.05, 0.1) is 15.0 Å². The van der Waals surface area contributed by atoms with E-state index >= 15 is 0 Å². The molecule has 0 atom stereocenters. The number of hydrogen-bond acceptors (Lipinski definition) is 5. The van der Waals surface area contributed by atoms with E-state index in [4.69, 9.17) is 27.6 Å². The summed E-state index contributed by atoms with van der Waals surface area (Å²) in [6.45, 7) is 1.52. The zero-order chi connectivity index (χ0) is 22.8. The van der Waals surface area contributed by atoms with Crippen molar-refractivity contribution in [2.75, 3.05) is 11.9 Å². The maximum atomic E-state index is 12.7. The highest BCUT2D eigenvalue weighted by Gasteiger charge is 2.36. The van der Waals surface area contributed by atoms with E-state index in [0.717, 1.165) is 22.2 Å². The number of rotatable bonds is 5. The van der Waals surface area contributed by atoms with Crippen LogP contribution in [0.3, 0.4) is 0 Å². The van der Waals surface area contributed by atoms with Gasteiger partial charge < -0.3 is 9.73 Å². The SMILES string of the molecule is Cc1cccc(NC(=O)CN2C(=O)S/C(=C/c3ccc(-c4cccc(Cl)c4Cl)o3)C2=O)c1. The van der Waals surface area contributed by atoms with Gasteiger partial charge in [-0.3, -0.25) is 19.3 Å². The predicted octanol–water partition coefficient (Wildman–Crippen LogP) is 6.24. The lowest BCUT2D eigenvalue weighted by Gasteiger charge is -2.12. The number of imide groups is 1. The third-order valence-corrected chi connectivity index (χ3v) is 6.32. The van der Waals surface area contributed by atoms with Crippen LogP contribution in [0.25, 0.3) is 17.4 Å². The summed E-state index contributed by atoms with van der Waals surface area (Å²) >= 11 is 13.0. The van der Waals surface area contributed by atoms with E-state index in [9.17, 15) is 14.4 Å². The molecule has 0 radical (unpaired) electrons. The molecule has 2 heterocycles. The molecule has 2 aromatic carbocycles. The Kier molecular flexibility index (Phi) is 6.41. The largest absolute Gasteiger partial charge is 0.457 e. The number of carbonyl (C=O) groups excluding carboxylic acids is 3. The van der Waals surface area contributed by atoms with Gasteiger partial charge in [0.15, 0.2) is 0 Å². The number of hydrogen-bond donors (Lipinski definition) is 1. The lowest BCUT2D eigenvalue weighted by Crippen LogP contribution is -2.36. The second-order valence-corrected chi connectivity index (χ2v) is 8.77. The number of carbonyl (C=O) groups is 3. The van der Waals surface area contributed by atoms with Crippen molar-refractivity contribution in [2.45, 2.75) is 6.92 Å². The Hall–Kier alpha value is -3.00. The van der Waals surface area contributed by atoms with Gasteiger partial charge in [0, 0.05) is 17.3 Å². The van der Waals surface area contributed by atoms with Crippen molar-refractivity contribution in [3.05, 3.63) is 80.9 Å². The van der Waals surface area contributed by atoms with Crippen LogP contribution in [0.5, 0.6) is 0 Å². The van der Waals surface area contributed by atoms with Crippen LogP contribution in [-0.4, -0.2) is 28.5 Å². The summed E-state index contributed by atoms with van der Waals surface area (Å²) in [5.41, 5.74) is 2.19.